The predicted molar refractivity (Wildman–Crippen MR) is 110 cm³/mol. The molecule has 146 valence electrons. The lowest BCUT2D eigenvalue weighted by molar-refractivity contribution is 0.0519. The number of carbonyl (C=O) groups excluding carboxylic acids is 1. The minimum Gasteiger partial charge on any atom is -0.462 e. The Bertz CT molecular complexity index is 1160. The number of aromatic nitrogens is 1. The molecule has 0 radical (unpaired) electrons. The summed E-state index contributed by atoms with van der Waals surface area (Å²) in [5.74, 6) is -3.70. The maximum absolute atomic E-state index is 14.0. The zero-order valence-electron chi connectivity index (χ0n) is 14.7. The molecule has 0 N–H and O–H groups in total. The van der Waals surface area contributed by atoms with Crippen molar-refractivity contribution in [1.82, 2.24) is 4.57 Å². The average molecular weight is 519 g/mol. The van der Waals surface area contributed by atoms with Gasteiger partial charge in [-0.1, -0.05) is 0 Å². The number of pyridine rings is 1. The quantitative estimate of drug-likeness (QED) is 0.279. The van der Waals surface area contributed by atoms with Crippen molar-refractivity contribution in [2.24, 2.45) is 0 Å². The largest absolute Gasteiger partial charge is 0.462 e. The predicted octanol–water partition coefficient (Wildman–Crippen LogP) is 4.91. The van der Waals surface area contributed by atoms with Gasteiger partial charge in [-0.25, -0.2) is 18.0 Å². The fourth-order valence-electron chi connectivity index (χ4n) is 2.83. The van der Waals surface area contributed by atoms with Crippen molar-refractivity contribution < 1.29 is 22.7 Å². The Morgan fingerprint density at radius 1 is 1.18 bits per heavy atom. The van der Waals surface area contributed by atoms with Gasteiger partial charge >= 0.3 is 5.97 Å². The number of carbonyl (C=O) groups is 1. The second-order valence-corrected chi connectivity index (χ2v) is 7.61. The smallest absolute Gasteiger partial charge is 0.344 e. The average Bonchev–Trinajstić information content (AvgIpc) is 2.64. The third-order valence-corrected chi connectivity index (χ3v) is 5.63. The highest BCUT2D eigenvalue weighted by molar-refractivity contribution is 14.1. The van der Waals surface area contributed by atoms with Gasteiger partial charge in [-0.2, -0.15) is 0 Å². The van der Waals surface area contributed by atoms with Gasteiger partial charge < -0.3 is 9.30 Å². The third kappa shape index (κ3) is 3.52. The molecule has 0 saturated heterocycles. The molecule has 0 spiro atoms. The molecule has 0 aliphatic rings. The normalized spacial score (nSPS) is 11.1. The minimum absolute atomic E-state index is 0.0377. The summed E-state index contributed by atoms with van der Waals surface area (Å²) in [4.78, 5) is 25.4. The van der Waals surface area contributed by atoms with Crippen molar-refractivity contribution >= 4 is 51.2 Å². The Morgan fingerprint density at radius 3 is 2.46 bits per heavy atom. The molecule has 0 aliphatic heterocycles. The topological polar surface area (TPSA) is 48.3 Å². The Morgan fingerprint density at radius 2 is 1.86 bits per heavy atom. The molecule has 28 heavy (non-hydrogen) atoms. The highest BCUT2D eigenvalue weighted by Gasteiger charge is 2.26. The van der Waals surface area contributed by atoms with Gasteiger partial charge in [0, 0.05) is 9.64 Å². The lowest BCUT2D eigenvalue weighted by atomic mass is 10.1. The molecular weight excluding hydrogens is 506 g/mol. The van der Waals surface area contributed by atoms with Crippen LogP contribution in [-0.4, -0.2) is 23.4 Å². The SMILES string of the molecule is CCOC(=O)c1c(SC)n(-c2ccc(F)cc2I)c2cc(F)c(F)cc2c1=O. The summed E-state index contributed by atoms with van der Waals surface area (Å²) in [7, 11) is 0. The van der Waals surface area contributed by atoms with E-state index in [9.17, 15) is 22.8 Å². The van der Waals surface area contributed by atoms with E-state index in [2.05, 4.69) is 0 Å². The van der Waals surface area contributed by atoms with E-state index < -0.39 is 28.8 Å². The van der Waals surface area contributed by atoms with Crippen molar-refractivity contribution in [1.29, 1.82) is 0 Å². The summed E-state index contributed by atoms with van der Waals surface area (Å²) in [5, 5.41) is 0.00589. The number of halogens is 4. The molecule has 1 heterocycles. The van der Waals surface area contributed by atoms with E-state index in [1.807, 2.05) is 22.6 Å². The first kappa shape index (κ1) is 20.7. The molecule has 0 atom stereocenters. The number of benzene rings is 2. The molecule has 3 aromatic rings. The summed E-state index contributed by atoms with van der Waals surface area (Å²) in [6.45, 7) is 1.63. The van der Waals surface area contributed by atoms with Crippen LogP contribution in [0, 0.1) is 21.0 Å². The highest BCUT2D eigenvalue weighted by atomic mass is 127. The van der Waals surface area contributed by atoms with Crippen LogP contribution >= 0.6 is 34.4 Å². The molecule has 0 saturated carbocycles. The third-order valence-electron chi connectivity index (χ3n) is 3.99. The molecule has 0 fully saturated rings. The van der Waals surface area contributed by atoms with Crippen LogP contribution in [0.5, 0.6) is 0 Å². The fourth-order valence-corrected chi connectivity index (χ4v) is 4.31. The van der Waals surface area contributed by atoms with Crippen LogP contribution < -0.4 is 5.43 Å². The highest BCUT2D eigenvalue weighted by Crippen LogP contribution is 2.31. The molecule has 1 aromatic heterocycles. The van der Waals surface area contributed by atoms with Gasteiger partial charge in [0.2, 0.25) is 5.43 Å². The fraction of sp³-hybridized carbons (Fsp3) is 0.158. The zero-order chi connectivity index (χ0) is 20.6. The van der Waals surface area contributed by atoms with Crippen molar-refractivity contribution in [3.05, 3.63) is 67.1 Å². The van der Waals surface area contributed by atoms with E-state index in [4.69, 9.17) is 4.74 Å². The minimum atomic E-state index is -1.21. The van der Waals surface area contributed by atoms with Gasteiger partial charge in [-0.15, -0.1) is 11.8 Å². The Balaban J connectivity index is 2.56. The summed E-state index contributed by atoms with van der Waals surface area (Å²) in [6, 6.07) is 5.55. The van der Waals surface area contributed by atoms with Gasteiger partial charge in [0.1, 0.15) is 11.4 Å². The number of thioether (sulfide) groups is 1. The van der Waals surface area contributed by atoms with E-state index in [0.717, 1.165) is 23.9 Å². The van der Waals surface area contributed by atoms with Crippen LogP contribution in [0.2, 0.25) is 0 Å². The molecule has 0 amide bonds. The van der Waals surface area contributed by atoms with Crippen molar-refractivity contribution in [2.75, 3.05) is 12.9 Å². The first-order chi connectivity index (χ1) is 13.3. The Hall–Kier alpha value is -2.01. The molecule has 3 rings (SSSR count). The number of rotatable bonds is 4. The second kappa shape index (κ2) is 8.16. The van der Waals surface area contributed by atoms with E-state index in [1.54, 1.807) is 13.2 Å². The Kier molecular flexibility index (Phi) is 6.04. The van der Waals surface area contributed by atoms with E-state index >= 15 is 0 Å². The van der Waals surface area contributed by atoms with Crippen LogP contribution in [0.1, 0.15) is 17.3 Å². The number of fused-ring (bicyclic) bond motifs is 1. The maximum atomic E-state index is 14.0. The summed E-state index contributed by atoms with van der Waals surface area (Å²) >= 11 is 2.96. The van der Waals surface area contributed by atoms with Crippen LogP contribution in [0.15, 0.2) is 40.2 Å². The zero-order valence-corrected chi connectivity index (χ0v) is 17.7. The van der Waals surface area contributed by atoms with E-state index in [0.29, 0.717) is 9.26 Å². The van der Waals surface area contributed by atoms with Gasteiger partial charge in [-0.05, 0) is 60.0 Å². The molecule has 2 aromatic carbocycles. The summed E-state index contributed by atoms with van der Waals surface area (Å²) < 4.78 is 48.4. The number of ether oxygens (including phenoxy) is 1. The molecule has 0 aliphatic carbocycles. The van der Waals surface area contributed by atoms with Crippen LogP contribution in [-0.2, 0) is 4.74 Å². The second-order valence-electron chi connectivity index (χ2n) is 5.65. The monoisotopic (exact) mass is 519 g/mol. The number of hydrogen-bond donors (Lipinski definition) is 0. The van der Waals surface area contributed by atoms with Crippen molar-refractivity contribution in [2.45, 2.75) is 11.9 Å². The molecule has 0 unspecified atom stereocenters. The molecule has 0 bridgehead atoms. The number of nitrogens with zero attached hydrogens (tertiary/aromatic N) is 1. The lowest BCUT2D eigenvalue weighted by Crippen LogP contribution is -2.24. The molecule has 4 nitrogen and oxygen atoms in total. The van der Waals surface area contributed by atoms with Gasteiger partial charge in [0.15, 0.2) is 11.6 Å². The van der Waals surface area contributed by atoms with Gasteiger partial charge in [-0.3, -0.25) is 4.79 Å². The van der Waals surface area contributed by atoms with Gasteiger partial charge in [0.05, 0.1) is 28.2 Å². The van der Waals surface area contributed by atoms with Gasteiger partial charge in [0.25, 0.3) is 0 Å². The Labute approximate surface area is 175 Å². The van der Waals surface area contributed by atoms with E-state index in [1.165, 1.54) is 22.8 Å². The maximum Gasteiger partial charge on any atom is 0.344 e. The first-order valence-corrected chi connectivity index (χ1v) is 10.3. The molecule has 9 heteroatoms. The number of esters is 1. The van der Waals surface area contributed by atoms with Crippen molar-refractivity contribution in [3.63, 3.8) is 0 Å². The van der Waals surface area contributed by atoms with E-state index in [-0.39, 0.29) is 28.1 Å². The van der Waals surface area contributed by atoms with Crippen molar-refractivity contribution in [3.8, 4) is 5.69 Å². The van der Waals surface area contributed by atoms with Crippen LogP contribution in [0.3, 0.4) is 0 Å². The number of hydrogen-bond acceptors (Lipinski definition) is 4. The molecular formula is C19H13F3INO3S. The first-order valence-electron chi connectivity index (χ1n) is 8.04. The standard InChI is InChI=1S/C19H13F3INO3S/c1-3-27-19(26)16-17(25)10-7-11(21)12(22)8-15(10)24(18(16)28-2)14-5-4-9(20)6-13(14)23/h4-8H,3H2,1-2H3. The summed E-state index contributed by atoms with van der Waals surface area (Å²) in [6.07, 6.45) is 1.64. The van der Waals surface area contributed by atoms with Crippen LogP contribution in [0.4, 0.5) is 13.2 Å². The lowest BCUT2D eigenvalue weighted by Gasteiger charge is -2.20. The summed E-state index contributed by atoms with van der Waals surface area (Å²) in [5.41, 5.74) is -0.572. The van der Waals surface area contributed by atoms with Crippen LogP contribution in [0.25, 0.3) is 16.6 Å².